The maximum atomic E-state index is 5.93. The van der Waals surface area contributed by atoms with Crippen LogP contribution in [-0.4, -0.2) is 20.5 Å². The van der Waals surface area contributed by atoms with E-state index < -0.39 is 0 Å². The minimum Gasteiger partial charge on any atom is -0.457 e. The SMILES string of the molecule is Clc1ccc(CON=C(Cn2cncn2)c2ccc(Oc3ccc(Br)cc3)cc2)cc1. The van der Waals surface area contributed by atoms with Crippen LogP contribution in [0.5, 0.6) is 11.5 Å². The molecule has 3 aromatic carbocycles. The van der Waals surface area contributed by atoms with Crippen molar-refractivity contribution in [2.24, 2.45) is 5.16 Å². The van der Waals surface area contributed by atoms with Gasteiger partial charge in [0.15, 0.2) is 0 Å². The van der Waals surface area contributed by atoms with Gasteiger partial charge in [-0.2, -0.15) is 5.10 Å². The third kappa shape index (κ3) is 6.16. The third-order valence-electron chi connectivity index (χ3n) is 4.33. The van der Waals surface area contributed by atoms with Gasteiger partial charge in [-0.15, -0.1) is 0 Å². The molecular formula is C23H18BrClN4O2. The second-order valence-electron chi connectivity index (χ2n) is 6.61. The van der Waals surface area contributed by atoms with Gasteiger partial charge in [-0.05, 0) is 66.2 Å². The Morgan fingerprint density at radius 2 is 1.61 bits per heavy atom. The lowest BCUT2D eigenvalue weighted by molar-refractivity contribution is 0.130. The van der Waals surface area contributed by atoms with Gasteiger partial charge in [-0.3, -0.25) is 0 Å². The molecule has 0 radical (unpaired) electrons. The van der Waals surface area contributed by atoms with Crippen molar-refractivity contribution in [3.05, 3.63) is 106 Å². The van der Waals surface area contributed by atoms with Crippen LogP contribution in [0.1, 0.15) is 11.1 Å². The molecule has 156 valence electrons. The first-order valence-electron chi connectivity index (χ1n) is 9.45. The van der Waals surface area contributed by atoms with Crippen molar-refractivity contribution in [2.45, 2.75) is 13.2 Å². The van der Waals surface area contributed by atoms with Crippen molar-refractivity contribution in [1.29, 1.82) is 0 Å². The maximum Gasteiger partial charge on any atom is 0.142 e. The number of aromatic nitrogens is 3. The Balaban J connectivity index is 1.48. The zero-order valence-electron chi connectivity index (χ0n) is 16.4. The Morgan fingerprint density at radius 3 is 2.26 bits per heavy atom. The summed E-state index contributed by atoms with van der Waals surface area (Å²) in [5, 5.41) is 9.21. The minimum absolute atomic E-state index is 0.336. The molecule has 0 bridgehead atoms. The van der Waals surface area contributed by atoms with E-state index in [4.69, 9.17) is 21.2 Å². The van der Waals surface area contributed by atoms with E-state index in [-0.39, 0.29) is 0 Å². The summed E-state index contributed by atoms with van der Waals surface area (Å²) in [5.74, 6) is 1.49. The molecule has 0 amide bonds. The van der Waals surface area contributed by atoms with E-state index in [1.165, 1.54) is 6.33 Å². The molecule has 0 saturated carbocycles. The average Bonchev–Trinajstić information content (AvgIpc) is 3.30. The van der Waals surface area contributed by atoms with Crippen molar-refractivity contribution >= 4 is 33.2 Å². The van der Waals surface area contributed by atoms with Crippen molar-refractivity contribution in [1.82, 2.24) is 14.8 Å². The summed E-state index contributed by atoms with van der Waals surface area (Å²) in [4.78, 5) is 9.60. The number of rotatable bonds is 8. The van der Waals surface area contributed by atoms with Gasteiger partial charge in [0.2, 0.25) is 0 Å². The number of benzene rings is 3. The highest BCUT2D eigenvalue weighted by Crippen LogP contribution is 2.24. The van der Waals surface area contributed by atoms with E-state index in [1.54, 1.807) is 11.0 Å². The normalized spacial score (nSPS) is 11.4. The standard InChI is InChI=1S/C23H18BrClN4O2/c24-19-5-11-22(12-6-19)31-21-9-3-18(4-10-21)23(13-29-16-26-15-27-29)28-30-14-17-1-7-20(25)8-2-17/h1-12,15-16H,13-14H2. The molecule has 8 heteroatoms. The molecule has 0 saturated heterocycles. The summed E-state index contributed by atoms with van der Waals surface area (Å²) in [6.45, 7) is 0.760. The van der Waals surface area contributed by atoms with Crippen molar-refractivity contribution < 1.29 is 9.57 Å². The van der Waals surface area contributed by atoms with Crippen LogP contribution in [0.15, 0.2) is 95.1 Å². The van der Waals surface area contributed by atoms with Crippen LogP contribution in [-0.2, 0) is 18.0 Å². The average molecular weight is 498 g/mol. The number of oxime groups is 1. The predicted molar refractivity (Wildman–Crippen MR) is 123 cm³/mol. The molecule has 0 atom stereocenters. The molecule has 0 spiro atoms. The molecule has 6 nitrogen and oxygen atoms in total. The summed E-state index contributed by atoms with van der Waals surface area (Å²) >= 11 is 9.35. The lowest BCUT2D eigenvalue weighted by atomic mass is 10.1. The Morgan fingerprint density at radius 1 is 0.935 bits per heavy atom. The molecule has 1 heterocycles. The second-order valence-corrected chi connectivity index (χ2v) is 7.96. The van der Waals surface area contributed by atoms with Crippen LogP contribution < -0.4 is 4.74 Å². The number of nitrogens with zero attached hydrogens (tertiary/aromatic N) is 4. The topological polar surface area (TPSA) is 61.5 Å². The summed E-state index contributed by atoms with van der Waals surface area (Å²) in [7, 11) is 0. The summed E-state index contributed by atoms with van der Waals surface area (Å²) in [6, 6.07) is 22.8. The van der Waals surface area contributed by atoms with Gasteiger partial charge in [0, 0.05) is 15.1 Å². The highest BCUT2D eigenvalue weighted by molar-refractivity contribution is 9.10. The molecule has 0 unspecified atom stereocenters. The summed E-state index contributed by atoms with van der Waals surface area (Å²) in [5.41, 5.74) is 2.59. The van der Waals surface area contributed by atoms with Gasteiger partial charge >= 0.3 is 0 Å². The molecule has 4 aromatic rings. The first-order valence-corrected chi connectivity index (χ1v) is 10.6. The number of hydrogen-bond donors (Lipinski definition) is 0. The molecule has 0 N–H and O–H groups in total. The van der Waals surface area contributed by atoms with Crippen molar-refractivity contribution in [2.75, 3.05) is 0 Å². The smallest absolute Gasteiger partial charge is 0.142 e. The van der Waals surface area contributed by atoms with Crippen LogP contribution in [0.3, 0.4) is 0 Å². The summed E-state index contributed by atoms with van der Waals surface area (Å²) < 4.78 is 8.59. The van der Waals surface area contributed by atoms with E-state index in [0.29, 0.717) is 18.2 Å². The second kappa shape index (κ2) is 10.2. The third-order valence-corrected chi connectivity index (χ3v) is 5.12. The zero-order valence-corrected chi connectivity index (χ0v) is 18.7. The fourth-order valence-corrected chi connectivity index (χ4v) is 3.15. The molecule has 0 aliphatic carbocycles. The molecule has 0 aliphatic rings. The van der Waals surface area contributed by atoms with Crippen LogP contribution in [0.25, 0.3) is 0 Å². The van der Waals surface area contributed by atoms with Gasteiger partial charge < -0.3 is 9.57 Å². The fourth-order valence-electron chi connectivity index (χ4n) is 2.76. The van der Waals surface area contributed by atoms with E-state index in [0.717, 1.165) is 32.8 Å². The predicted octanol–water partition coefficient (Wildman–Crippen LogP) is 6.11. The number of hydrogen-bond acceptors (Lipinski definition) is 5. The largest absolute Gasteiger partial charge is 0.457 e. The minimum atomic E-state index is 0.336. The monoisotopic (exact) mass is 496 g/mol. The highest BCUT2D eigenvalue weighted by atomic mass is 79.9. The van der Waals surface area contributed by atoms with Gasteiger partial charge in [-0.25, -0.2) is 9.67 Å². The highest BCUT2D eigenvalue weighted by Gasteiger charge is 2.08. The first-order chi connectivity index (χ1) is 15.2. The number of halogens is 2. The van der Waals surface area contributed by atoms with Crippen LogP contribution in [0.4, 0.5) is 0 Å². The van der Waals surface area contributed by atoms with Crippen LogP contribution in [0, 0.1) is 0 Å². The Bertz CT molecular complexity index is 1130. The molecular weight excluding hydrogens is 480 g/mol. The molecule has 0 aliphatic heterocycles. The lowest BCUT2D eigenvalue weighted by Gasteiger charge is -2.10. The lowest BCUT2D eigenvalue weighted by Crippen LogP contribution is -2.13. The summed E-state index contributed by atoms with van der Waals surface area (Å²) in [6.07, 6.45) is 3.13. The van der Waals surface area contributed by atoms with Gasteiger partial charge in [0.1, 0.15) is 36.5 Å². The van der Waals surface area contributed by atoms with Gasteiger partial charge in [0.05, 0.1) is 6.54 Å². The van der Waals surface area contributed by atoms with Crippen LogP contribution in [0.2, 0.25) is 5.02 Å². The van der Waals surface area contributed by atoms with E-state index in [9.17, 15) is 0 Å². The van der Waals surface area contributed by atoms with Gasteiger partial charge in [-0.1, -0.05) is 44.8 Å². The van der Waals surface area contributed by atoms with E-state index in [1.807, 2.05) is 72.8 Å². The van der Waals surface area contributed by atoms with E-state index >= 15 is 0 Å². The molecule has 31 heavy (non-hydrogen) atoms. The first kappa shape index (κ1) is 21.1. The Kier molecular flexibility index (Phi) is 6.96. The van der Waals surface area contributed by atoms with Crippen LogP contribution >= 0.6 is 27.5 Å². The van der Waals surface area contributed by atoms with E-state index in [2.05, 4.69) is 31.2 Å². The number of ether oxygens (including phenoxy) is 1. The quantitative estimate of drug-likeness (QED) is 0.218. The van der Waals surface area contributed by atoms with Crippen molar-refractivity contribution in [3.8, 4) is 11.5 Å². The maximum absolute atomic E-state index is 5.93. The fraction of sp³-hybridized carbons (Fsp3) is 0.0870. The zero-order chi connectivity index (χ0) is 21.5. The molecule has 1 aromatic heterocycles. The molecule has 0 fully saturated rings. The Labute approximate surface area is 193 Å². The van der Waals surface area contributed by atoms with Gasteiger partial charge in [0.25, 0.3) is 0 Å². The molecule has 4 rings (SSSR count). The Hall–Kier alpha value is -3.16. The van der Waals surface area contributed by atoms with Crippen molar-refractivity contribution in [3.63, 3.8) is 0 Å².